The largest absolute Gasteiger partial charge is 0.395 e. The van der Waals surface area contributed by atoms with Gasteiger partial charge in [0.05, 0.1) is 24.4 Å². The Balaban J connectivity index is 2.35. The van der Waals surface area contributed by atoms with E-state index in [0.717, 1.165) is 4.31 Å². The van der Waals surface area contributed by atoms with Gasteiger partial charge in [-0.15, -0.1) is 0 Å². The minimum atomic E-state index is -3.86. The molecule has 0 aromatic carbocycles. The molecule has 0 aromatic rings. The van der Waals surface area contributed by atoms with Crippen LogP contribution in [0.2, 0.25) is 0 Å². The van der Waals surface area contributed by atoms with E-state index < -0.39 is 44.1 Å². The molecule has 8 heteroatoms. The lowest BCUT2D eigenvalue weighted by Gasteiger charge is -2.36. The summed E-state index contributed by atoms with van der Waals surface area (Å²) in [7, 11) is -3.86. The van der Waals surface area contributed by atoms with Gasteiger partial charge in [0.2, 0.25) is 21.6 Å². The molecule has 2 bridgehead atoms. The lowest BCUT2D eigenvalue weighted by Crippen LogP contribution is -2.48. The number of aliphatic hydroxyl groups is 2. The van der Waals surface area contributed by atoms with Crippen molar-refractivity contribution >= 4 is 21.6 Å². The van der Waals surface area contributed by atoms with E-state index in [1.54, 1.807) is 13.8 Å². The quantitative estimate of drug-likeness (QED) is 0.589. The smallest absolute Gasteiger partial charge is 0.215 e. The van der Waals surface area contributed by atoms with Crippen LogP contribution in [0.25, 0.3) is 0 Å². The molecule has 2 fully saturated rings. The van der Waals surface area contributed by atoms with Gasteiger partial charge in [-0.1, -0.05) is 13.8 Å². The molecular formula is C14H23NO6S. The molecule has 0 saturated heterocycles. The molecule has 126 valence electrons. The SMILES string of the molecule is CC1(C)C2CCC1(CS(=O)(=O)N(CCO)CCO)C(=O)C2=O. The topological polar surface area (TPSA) is 112 Å². The van der Waals surface area contributed by atoms with E-state index in [-0.39, 0.29) is 26.3 Å². The molecule has 0 aliphatic heterocycles. The summed E-state index contributed by atoms with van der Waals surface area (Å²) >= 11 is 0. The summed E-state index contributed by atoms with van der Waals surface area (Å²) in [6.07, 6.45) is 0.924. The van der Waals surface area contributed by atoms with Crippen LogP contribution in [0.1, 0.15) is 26.7 Å². The van der Waals surface area contributed by atoms with Gasteiger partial charge in [-0.3, -0.25) is 9.59 Å². The Kier molecular flexibility index (Phi) is 4.51. The number of carbonyl (C=O) groups excluding carboxylic acids is 2. The van der Waals surface area contributed by atoms with Crippen molar-refractivity contribution in [2.45, 2.75) is 26.7 Å². The first-order valence-corrected chi connectivity index (χ1v) is 9.03. The van der Waals surface area contributed by atoms with Crippen LogP contribution in [0.3, 0.4) is 0 Å². The molecule has 2 N–H and O–H groups in total. The summed E-state index contributed by atoms with van der Waals surface area (Å²) in [5, 5.41) is 18.0. The summed E-state index contributed by atoms with van der Waals surface area (Å²) in [4.78, 5) is 24.4. The Morgan fingerprint density at radius 1 is 1.18 bits per heavy atom. The molecule has 7 nitrogen and oxygen atoms in total. The number of sulfonamides is 1. The summed E-state index contributed by atoms with van der Waals surface area (Å²) in [5.74, 6) is -1.87. The van der Waals surface area contributed by atoms with Gasteiger partial charge < -0.3 is 10.2 Å². The van der Waals surface area contributed by atoms with Gasteiger partial charge in [0.15, 0.2) is 0 Å². The van der Waals surface area contributed by atoms with Crippen molar-refractivity contribution in [3.63, 3.8) is 0 Å². The standard InChI is InChI=1S/C14H23NO6S/c1-13(2)10-3-4-14(13,12(19)11(10)18)9-22(20,21)15(5-7-16)6-8-17/h10,16-17H,3-9H2,1-2H3. The Morgan fingerprint density at radius 3 is 2.14 bits per heavy atom. The Morgan fingerprint density at radius 2 is 1.73 bits per heavy atom. The number of ketones is 2. The van der Waals surface area contributed by atoms with Crippen molar-refractivity contribution in [2.24, 2.45) is 16.7 Å². The van der Waals surface area contributed by atoms with Gasteiger partial charge in [0, 0.05) is 19.0 Å². The normalized spacial score (nSPS) is 30.5. The van der Waals surface area contributed by atoms with Crippen LogP contribution in [0.4, 0.5) is 0 Å². The molecule has 0 heterocycles. The van der Waals surface area contributed by atoms with Gasteiger partial charge >= 0.3 is 0 Å². The molecule has 2 rings (SSSR count). The van der Waals surface area contributed by atoms with Crippen molar-refractivity contribution in [2.75, 3.05) is 32.1 Å². The van der Waals surface area contributed by atoms with Gasteiger partial charge in [-0.25, -0.2) is 8.42 Å². The minimum Gasteiger partial charge on any atom is -0.395 e. The molecule has 22 heavy (non-hydrogen) atoms. The van der Waals surface area contributed by atoms with Crippen molar-refractivity contribution in [3.8, 4) is 0 Å². The van der Waals surface area contributed by atoms with E-state index in [4.69, 9.17) is 10.2 Å². The number of fused-ring (bicyclic) bond motifs is 2. The van der Waals surface area contributed by atoms with E-state index in [9.17, 15) is 18.0 Å². The first kappa shape index (κ1) is 17.5. The predicted octanol–water partition coefficient (Wildman–Crippen LogP) is -0.823. The maximum atomic E-state index is 12.6. The first-order chi connectivity index (χ1) is 10.1. The van der Waals surface area contributed by atoms with Gasteiger partial charge in [-0.2, -0.15) is 4.31 Å². The molecule has 0 amide bonds. The molecule has 2 aliphatic carbocycles. The summed E-state index contributed by atoms with van der Waals surface area (Å²) in [5.41, 5.74) is -1.87. The van der Waals surface area contributed by atoms with Crippen molar-refractivity contribution in [3.05, 3.63) is 0 Å². The van der Waals surface area contributed by atoms with Crippen molar-refractivity contribution in [1.82, 2.24) is 4.31 Å². The number of nitrogens with zero attached hydrogens (tertiary/aromatic N) is 1. The maximum Gasteiger partial charge on any atom is 0.215 e. The number of hydrogen-bond acceptors (Lipinski definition) is 6. The first-order valence-electron chi connectivity index (χ1n) is 7.42. The molecule has 2 aliphatic rings. The third-order valence-corrected chi connectivity index (χ3v) is 7.47. The number of rotatable bonds is 7. The van der Waals surface area contributed by atoms with Crippen LogP contribution in [0.5, 0.6) is 0 Å². The Hall–Kier alpha value is -0.830. The van der Waals surface area contributed by atoms with Gasteiger partial charge in [0.1, 0.15) is 0 Å². The molecule has 2 atom stereocenters. The van der Waals surface area contributed by atoms with Crippen molar-refractivity contribution < 1.29 is 28.2 Å². The molecule has 0 radical (unpaired) electrons. The highest BCUT2D eigenvalue weighted by molar-refractivity contribution is 7.89. The zero-order valence-electron chi connectivity index (χ0n) is 12.9. The van der Waals surface area contributed by atoms with Crippen molar-refractivity contribution in [1.29, 1.82) is 0 Å². The Labute approximate surface area is 130 Å². The second-order valence-electron chi connectivity index (χ2n) is 6.69. The van der Waals surface area contributed by atoms with E-state index >= 15 is 0 Å². The third kappa shape index (κ3) is 2.33. The number of aliphatic hydroxyl groups excluding tert-OH is 2. The number of carbonyl (C=O) groups is 2. The second kappa shape index (κ2) is 5.67. The molecule has 0 spiro atoms. The molecule has 2 saturated carbocycles. The number of hydrogen-bond donors (Lipinski definition) is 2. The van der Waals surface area contributed by atoms with E-state index in [1.807, 2.05) is 0 Å². The monoisotopic (exact) mass is 333 g/mol. The lowest BCUT2D eigenvalue weighted by molar-refractivity contribution is -0.141. The van der Waals surface area contributed by atoms with Crippen LogP contribution in [0.15, 0.2) is 0 Å². The second-order valence-corrected chi connectivity index (χ2v) is 8.66. The van der Waals surface area contributed by atoms with E-state index in [1.165, 1.54) is 0 Å². The van der Waals surface area contributed by atoms with E-state index in [2.05, 4.69) is 0 Å². The fourth-order valence-electron chi connectivity index (χ4n) is 4.01. The van der Waals surface area contributed by atoms with Crippen LogP contribution in [-0.4, -0.2) is 66.6 Å². The lowest BCUT2D eigenvalue weighted by atomic mass is 9.70. The number of Topliss-reactive ketones (excluding diaryl/α,β-unsaturated/α-hetero) is 2. The summed E-state index contributed by atoms with van der Waals surface area (Å²) in [6, 6.07) is 0. The predicted molar refractivity (Wildman–Crippen MR) is 78.5 cm³/mol. The summed E-state index contributed by atoms with van der Waals surface area (Å²) < 4.78 is 26.2. The third-order valence-electron chi connectivity index (χ3n) is 5.46. The van der Waals surface area contributed by atoms with Gasteiger partial charge in [-0.05, 0) is 18.3 Å². The Bertz CT molecular complexity index is 578. The fraction of sp³-hybridized carbons (Fsp3) is 0.857. The van der Waals surface area contributed by atoms with Crippen LogP contribution >= 0.6 is 0 Å². The highest BCUT2D eigenvalue weighted by Crippen LogP contribution is 2.62. The van der Waals surface area contributed by atoms with Crippen LogP contribution < -0.4 is 0 Å². The average molecular weight is 333 g/mol. The summed E-state index contributed by atoms with van der Waals surface area (Å²) in [6.45, 7) is 2.56. The highest BCUT2D eigenvalue weighted by Gasteiger charge is 2.70. The molecule has 0 aromatic heterocycles. The van der Waals surface area contributed by atoms with Gasteiger partial charge in [0.25, 0.3) is 0 Å². The average Bonchev–Trinajstić information content (AvgIpc) is 2.74. The van der Waals surface area contributed by atoms with E-state index in [0.29, 0.717) is 12.8 Å². The highest BCUT2D eigenvalue weighted by atomic mass is 32.2. The zero-order chi connectivity index (χ0) is 16.8. The maximum absolute atomic E-state index is 12.6. The zero-order valence-corrected chi connectivity index (χ0v) is 13.7. The van der Waals surface area contributed by atoms with Crippen LogP contribution in [0, 0.1) is 16.7 Å². The molecular weight excluding hydrogens is 310 g/mol. The fourth-order valence-corrected chi connectivity index (χ4v) is 6.18. The molecule has 2 unspecified atom stereocenters. The minimum absolute atomic E-state index is 0.134. The van der Waals surface area contributed by atoms with Crippen LogP contribution in [-0.2, 0) is 19.6 Å².